The Morgan fingerprint density at radius 2 is 0.505 bits per heavy atom. The van der Waals surface area contributed by atoms with E-state index in [4.69, 9.17) is 9.97 Å². The van der Waals surface area contributed by atoms with Crippen molar-refractivity contribution in [2.45, 2.75) is 10.8 Å². The lowest BCUT2D eigenvalue weighted by molar-refractivity contribution is 0.752. The van der Waals surface area contributed by atoms with Crippen molar-refractivity contribution in [3.63, 3.8) is 0 Å². The quantitative estimate of drug-likeness (QED) is 0.149. The molecular weight excluding hydrogens is 1320 g/mol. The molecule has 2 spiro atoms. The Morgan fingerprint density at radius 1 is 0.202 bits per heavy atom. The van der Waals surface area contributed by atoms with Crippen molar-refractivity contribution in [2.75, 3.05) is 4.90 Å². The third kappa shape index (κ3) is 9.14. The minimum Gasteiger partial charge on any atom is -0.310 e. The van der Waals surface area contributed by atoms with Crippen molar-refractivity contribution < 1.29 is 0 Å². The van der Waals surface area contributed by atoms with Crippen LogP contribution in [0.15, 0.2) is 395 Å². The van der Waals surface area contributed by atoms with Gasteiger partial charge < -0.3 is 4.90 Å². The molecule has 1 aliphatic heterocycles. The Labute approximate surface area is 631 Å². The van der Waals surface area contributed by atoms with Gasteiger partial charge in [0.2, 0.25) is 0 Å². The summed E-state index contributed by atoms with van der Waals surface area (Å²) in [5.74, 6) is 0. The fourth-order valence-corrected chi connectivity index (χ4v) is 19.3. The first-order chi connectivity index (χ1) is 54.1. The number of fused-ring (bicyclic) bond motifs is 23. The van der Waals surface area contributed by atoms with Gasteiger partial charge in [0.15, 0.2) is 0 Å². The van der Waals surface area contributed by atoms with E-state index in [2.05, 4.69) is 385 Å². The summed E-state index contributed by atoms with van der Waals surface area (Å²) in [5.41, 5.74) is 34.6. The predicted octanol–water partition coefficient (Wildman–Crippen LogP) is 26.1. The highest BCUT2D eigenvalue weighted by atomic mass is 15.2. The zero-order valence-corrected chi connectivity index (χ0v) is 59.3. The first-order valence-electron chi connectivity index (χ1n) is 37.5. The number of hydrogen-bond donors (Lipinski definition) is 0. The SMILES string of the molecule is c1ccc(N2c3ccccc3C3(c4ccccc4-c4cc(-c5ccc(-c6c7ccccc7c(-c7ccncc7)c7ccccc67)cn5)ccc43)c3ccccc32)cc1.c1ccc2c(c1)-c1ccccc1C21c2ccccc2-c2ccc(-c3ccc(-c4c5ccccc5c(-c5ccncc5)c5ccccc45)cn3)cc21. The Bertz CT molecular complexity index is 6680. The maximum absolute atomic E-state index is 5.21. The van der Waals surface area contributed by atoms with E-state index in [1.54, 1.807) is 0 Å². The van der Waals surface area contributed by atoms with Gasteiger partial charge in [0, 0.05) is 65.1 Å². The number of pyridine rings is 4. The molecule has 4 aliphatic rings. The number of nitrogens with zero attached hydrogens (tertiary/aromatic N) is 5. The van der Waals surface area contributed by atoms with Crippen molar-refractivity contribution in [3.05, 3.63) is 440 Å². The van der Waals surface area contributed by atoms with Gasteiger partial charge in [0.05, 0.1) is 33.6 Å². The Kier molecular flexibility index (Phi) is 14.1. The van der Waals surface area contributed by atoms with Crippen LogP contribution in [0.5, 0.6) is 0 Å². The molecule has 109 heavy (non-hydrogen) atoms. The molecule has 23 rings (SSSR count). The van der Waals surface area contributed by atoms with E-state index in [-0.39, 0.29) is 5.41 Å². The van der Waals surface area contributed by atoms with Crippen molar-refractivity contribution in [2.24, 2.45) is 0 Å². The minimum absolute atomic E-state index is 0.372. The third-order valence-electron chi connectivity index (χ3n) is 23.7. The number of rotatable bonds is 7. The molecule has 0 saturated carbocycles. The molecule has 0 radical (unpaired) electrons. The van der Waals surface area contributed by atoms with Gasteiger partial charge in [-0.3, -0.25) is 19.9 Å². The molecule has 0 saturated heterocycles. The molecular formula is C104H65N5. The van der Waals surface area contributed by atoms with Gasteiger partial charge in [0.1, 0.15) is 0 Å². The van der Waals surface area contributed by atoms with Crippen molar-refractivity contribution >= 4 is 60.2 Å². The molecule has 0 fully saturated rings. The van der Waals surface area contributed by atoms with E-state index < -0.39 is 5.41 Å². The predicted molar refractivity (Wildman–Crippen MR) is 449 cm³/mol. The second-order valence-electron chi connectivity index (χ2n) is 28.9. The zero-order chi connectivity index (χ0) is 71.7. The summed E-state index contributed by atoms with van der Waals surface area (Å²) in [6.45, 7) is 0. The molecule has 0 bridgehead atoms. The van der Waals surface area contributed by atoms with Crippen LogP contribution in [0.4, 0.5) is 17.1 Å². The summed E-state index contributed by atoms with van der Waals surface area (Å²) < 4.78 is 0. The van der Waals surface area contributed by atoms with Crippen molar-refractivity contribution in [1.29, 1.82) is 0 Å². The molecule has 5 nitrogen and oxygen atoms in total. The van der Waals surface area contributed by atoms with Crippen molar-refractivity contribution in [3.8, 4) is 100 Å². The van der Waals surface area contributed by atoms with E-state index in [0.29, 0.717) is 0 Å². The van der Waals surface area contributed by atoms with E-state index in [1.807, 2.05) is 24.8 Å². The highest BCUT2D eigenvalue weighted by Gasteiger charge is 2.53. The first-order valence-corrected chi connectivity index (χ1v) is 37.5. The maximum atomic E-state index is 5.21. The standard InChI is InChI=1S/C55H35N3.C49H30N2/c1-2-14-39(15-3-1)58-51-24-12-10-22-48(51)55(49-23-11-13-25-52(49)58)46-21-9-8-16-40(46)45-34-37(26-28-47(45)55)50-29-27-38(35-57-50)54-43-19-6-4-17-41(43)53(36-30-32-56-33-31-36)42-18-5-7-20-44(42)54;1-3-16-40-38(14-1)47(31-25-27-50-28-26-31)39-15-2-4-17-41(39)48(40)33-22-24-46(51-30-33)32-21-23-37-36-13-7-10-20-44(36)49(45(37)29-32)42-18-8-5-11-34(42)35-12-6-9-19-43(35)49/h1-35H;1-30H. The van der Waals surface area contributed by atoms with Gasteiger partial charge in [-0.2, -0.15) is 0 Å². The van der Waals surface area contributed by atoms with E-state index in [0.717, 1.165) is 44.9 Å². The molecule has 15 aromatic carbocycles. The van der Waals surface area contributed by atoms with E-state index in [1.165, 1.54) is 160 Å². The van der Waals surface area contributed by atoms with Crippen LogP contribution in [0.25, 0.3) is 143 Å². The highest BCUT2D eigenvalue weighted by Crippen LogP contribution is 2.66. The molecule has 506 valence electrons. The molecule has 0 amide bonds. The van der Waals surface area contributed by atoms with Gasteiger partial charge in [0.25, 0.3) is 0 Å². The van der Waals surface area contributed by atoms with Gasteiger partial charge in [-0.15, -0.1) is 0 Å². The zero-order valence-electron chi connectivity index (χ0n) is 59.3. The van der Waals surface area contributed by atoms with E-state index >= 15 is 0 Å². The number of benzene rings is 15. The summed E-state index contributed by atoms with van der Waals surface area (Å²) in [6.07, 6.45) is 11.6. The fourth-order valence-electron chi connectivity index (χ4n) is 19.3. The fraction of sp³-hybridized carbons (Fsp3) is 0.0192. The molecule has 0 unspecified atom stereocenters. The molecule has 5 heteroatoms. The first kappa shape index (κ1) is 62.1. The normalized spacial score (nSPS) is 13.3. The Morgan fingerprint density at radius 3 is 0.908 bits per heavy atom. The van der Waals surface area contributed by atoms with Gasteiger partial charge in [-0.05, 0) is 227 Å². The largest absolute Gasteiger partial charge is 0.310 e. The molecule has 19 aromatic rings. The molecule has 4 aromatic heterocycles. The number of anilines is 3. The summed E-state index contributed by atoms with van der Waals surface area (Å²) in [5, 5.41) is 9.73. The van der Waals surface area contributed by atoms with Crippen LogP contribution in [0, 0.1) is 0 Å². The number of para-hydroxylation sites is 3. The van der Waals surface area contributed by atoms with Crippen LogP contribution in [-0.2, 0) is 10.8 Å². The van der Waals surface area contributed by atoms with Crippen LogP contribution < -0.4 is 4.90 Å². The lowest BCUT2D eigenvalue weighted by Gasteiger charge is -2.45. The molecule has 0 atom stereocenters. The maximum Gasteiger partial charge on any atom is 0.0754 e. The second-order valence-corrected chi connectivity index (χ2v) is 28.9. The highest BCUT2D eigenvalue weighted by molar-refractivity contribution is 6.23. The van der Waals surface area contributed by atoms with Crippen LogP contribution in [0.1, 0.15) is 44.5 Å². The lowest BCUT2D eigenvalue weighted by atomic mass is 9.64. The van der Waals surface area contributed by atoms with Crippen LogP contribution >= 0.6 is 0 Å². The topological polar surface area (TPSA) is 54.8 Å². The monoisotopic (exact) mass is 1380 g/mol. The van der Waals surface area contributed by atoms with Gasteiger partial charge in [-0.1, -0.05) is 285 Å². The number of hydrogen-bond acceptors (Lipinski definition) is 5. The summed E-state index contributed by atoms with van der Waals surface area (Å²) in [4.78, 5) is 21.4. The van der Waals surface area contributed by atoms with Crippen LogP contribution in [-0.4, -0.2) is 19.9 Å². The molecule has 0 N–H and O–H groups in total. The van der Waals surface area contributed by atoms with Gasteiger partial charge in [-0.25, -0.2) is 0 Å². The van der Waals surface area contributed by atoms with Crippen LogP contribution in [0.3, 0.4) is 0 Å². The number of aromatic nitrogens is 4. The molecule has 3 aliphatic carbocycles. The molecule has 5 heterocycles. The van der Waals surface area contributed by atoms with Gasteiger partial charge >= 0.3 is 0 Å². The summed E-state index contributed by atoms with van der Waals surface area (Å²) in [7, 11) is 0. The summed E-state index contributed by atoms with van der Waals surface area (Å²) in [6, 6.07) is 131. The Hall–Kier alpha value is -14.3. The van der Waals surface area contributed by atoms with E-state index in [9.17, 15) is 0 Å². The van der Waals surface area contributed by atoms with Crippen molar-refractivity contribution in [1.82, 2.24) is 19.9 Å². The van der Waals surface area contributed by atoms with Crippen LogP contribution in [0.2, 0.25) is 0 Å². The second kappa shape index (κ2) is 24.7. The average Bonchev–Trinajstić information content (AvgIpc) is 1.53. The Balaban J connectivity index is 0.000000136. The summed E-state index contributed by atoms with van der Waals surface area (Å²) >= 11 is 0. The average molecular weight is 1380 g/mol. The lowest BCUT2D eigenvalue weighted by Crippen LogP contribution is -2.36. The smallest absolute Gasteiger partial charge is 0.0754 e. The third-order valence-corrected chi connectivity index (χ3v) is 23.7. The minimum atomic E-state index is -0.481.